The molecule has 2 aromatic rings. The van der Waals surface area contributed by atoms with Crippen molar-refractivity contribution < 1.29 is 19.2 Å². The van der Waals surface area contributed by atoms with Gasteiger partial charge < -0.3 is 14.8 Å². The molecule has 0 radical (unpaired) electrons. The van der Waals surface area contributed by atoms with Crippen molar-refractivity contribution in [1.29, 1.82) is 0 Å². The maximum absolute atomic E-state index is 12.8. The minimum atomic E-state index is -0.490. The lowest BCUT2D eigenvalue weighted by molar-refractivity contribution is -0.385. The normalized spacial score (nSPS) is 17.0. The van der Waals surface area contributed by atoms with Crippen LogP contribution in [0.15, 0.2) is 36.4 Å². The van der Waals surface area contributed by atoms with Crippen molar-refractivity contribution in [2.45, 2.75) is 38.0 Å². The molecule has 0 unspecified atom stereocenters. The van der Waals surface area contributed by atoms with E-state index < -0.39 is 10.8 Å². The third-order valence-corrected chi connectivity index (χ3v) is 5.97. The van der Waals surface area contributed by atoms with Crippen LogP contribution in [0.2, 0.25) is 0 Å². The minimum absolute atomic E-state index is 0.102. The predicted octanol–water partition coefficient (Wildman–Crippen LogP) is 3.92. The Bertz CT molecular complexity index is 950. The first-order chi connectivity index (χ1) is 14.0. The zero-order valence-corrected chi connectivity index (χ0v) is 16.4. The lowest BCUT2D eigenvalue weighted by Crippen LogP contribution is -2.39. The Morgan fingerprint density at radius 1 is 1.14 bits per heavy atom. The molecule has 0 spiro atoms. The summed E-state index contributed by atoms with van der Waals surface area (Å²) in [5, 5.41) is 14.4. The zero-order valence-electron chi connectivity index (χ0n) is 16.4. The van der Waals surface area contributed by atoms with Gasteiger partial charge in [0.15, 0.2) is 11.5 Å². The standard InChI is InChI=1S/C22H24N2O5/c1-15-5-4-6-17(20(15)24(26)27)21(25)23-14-22(9-2-3-10-22)16-7-8-18-19(13-16)29-12-11-28-18/h4-8,13H,2-3,9-12,14H2,1H3,(H,23,25). The smallest absolute Gasteiger partial charge is 0.285 e. The molecule has 4 rings (SSSR count). The van der Waals surface area contributed by atoms with Gasteiger partial charge in [-0.25, -0.2) is 0 Å². The molecular weight excluding hydrogens is 372 g/mol. The van der Waals surface area contributed by atoms with Crippen LogP contribution in [0.3, 0.4) is 0 Å². The number of nitro benzene ring substituents is 1. The second-order valence-corrected chi connectivity index (χ2v) is 7.76. The van der Waals surface area contributed by atoms with E-state index in [1.165, 1.54) is 6.07 Å². The molecule has 0 atom stereocenters. The first-order valence-electron chi connectivity index (χ1n) is 9.92. The Hall–Kier alpha value is -3.09. The predicted molar refractivity (Wildman–Crippen MR) is 108 cm³/mol. The van der Waals surface area contributed by atoms with Gasteiger partial charge in [-0.2, -0.15) is 0 Å². The number of nitro groups is 1. The van der Waals surface area contributed by atoms with Gasteiger partial charge in [0.2, 0.25) is 0 Å². The molecular formula is C22H24N2O5. The number of aryl methyl sites for hydroxylation is 1. The number of nitrogens with one attached hydrogen (secondary N) is 1. The molecule has 1 saturated carbocycles. The highest BCUT2D eigenvalue weighted by Crippen LogP contribution is 2.44. The number of hydrogen-bond donors (Lipinski definition) is 1. The SMILES string of the molecule is Cc1cccc(C(=O)NCC2(c3ccc4c(c3)OCCO4)CCCC2)c1[N+](=O)[O-]. The summed E-state index contributed by atoms with van der Waals surface area (Å²) in [6.07, 6.45) is 4.05. The molecule has 1 amide bonds. The molecule has 1 heterocycles. The average molecular weight is 396 g/mol. The first kappa shape index (κ1) is 19.2. The van der Waals surface area contributed by atoms with Crippen molar-refractivity contribution in [2.75, 3.05) is 19.8 Å². The Kier molecular flexibility index (Phi) is 5.13. The van der Waals surface area contributed by atoms with Crippen LogP contribution in [0.1, 0.15) is 47.2 Å². The number of ether oxygens (including phenoxy) is 2. The summed E-state index contributed by atoms with van der Waals surface area (Å²) < 4.78 is 11.3. The Balaban J connectivity index is 1.58. The molecule has 1 fully saturated rings. The maximum atomic E-state index is 12.8. The van der Waals surface area contributed by atoms with E-state index in [4.69, 9.17) is 9.47 Å². The van der Waals surface area contributed by atoms with Gasteiger partial charge in [0.1, 0.15) is 18.8 Å². The van der Waals surface area contributed by atoms with Gasteiger partial charge in [0.05, 0.1) is 4.92 Å². The van der Waals surface area contributed by atoms with Crippen LogP contribution in [0, 0.1) is 17.0 Å². The summed E-state index contributed by atoms with van der Waals surface area (Å²) in [4.78, 5) is 23.8. The van der Waals surface area contributed by atoms with Gasteiger partial charge in [0, 0.05) is 17.5 Å². The Morgan fingerprint density at radius 2 is 1.86 bits per heavy atom. The highest BCUT2D eigenvalue weighted by Gasteiger charge is 2.37. The fourth-order valence-corrected chi connectivity index (χ4v) is 4.42. The van der Waals surface area contributed by atoms with Crippen molar-refractivity contribution >= 4 is 11.6 Å². The molecule has 1 N–H and O–H groups in total. The van der Waals surface area contributed by atoms with Crippen molar-refractivity contribution in [3.05, 3.63) is 63.2 Å². The quantitative estimate of drug-likeness (QED) is 0.611. The molecule has 0 aromatic heterocycles. The van der Waals surface area contributed by atoms with Gasteiger partial charge >= 0.3 is 0 Å². The van der Waals surface area contributed by atoms with Crippen molar-refractivity contribution in [1.82, 2.24) is 5.32 Å². The second-order valence-electron chi connectivity index (χ2n) is 7.76. The number of nitrogens with zero attached hydrogens (tertiary/aromatic N) is 1. The van der Waals surface area contributed by atoms with E-state index in [0.717, 1.165) is 42.7 Å². The number of benzene rings is 2. The van der Waals surface area contributed by atoms with Crippen LogP contribution >= 0.6 is 0 Å². The summed E-state index contributed by atoms with van der Waals surface area (Å²) in [7, 11) is 0. The molecule has 1 aliphatic heterocycles. The molecule has 2 aromatic carbocycles. The fourth-order valence-electron chi connectivity index (χ4n) is 4.42. The van der Waals surface area contributed by atoms with E-state index in [-0.39, 0.29) is 16.7 Å². The van der Waals surface area contributed by atoms with Crippen LogP contribution in [-0.4, -0.2) is 30.6 Å². The topological polar surface area (TPSA) is 90.7 Å². The first-order valence-corrected chi connectivity index (χ1v) is 9.92. The van der Waals surface area contributed by atoms with E-state index in [2.05, 4.69) is 5.32 Å². The second kappa shape index (κ2) is 7.73. The highest BCUT2D eigenvalue weighted by atomic mass is 16.6. The van der Waals surface area contributed by atoms with E-state index in [0.29, 0.717) is 25.3 Å². The average Bonchev–Trinajstić information content (AvgIpc) is 3.21. The van der Waals surface area contributed by atoms with Gasteiger partial charge in [-0.3, -0.25) is 14.9 Å². The lowest BCUT2D eigenvalue weighted by atomic mass is 9.78. The summed E-state index contributed by atoms with van der Waals surface area (Å²) in [5.41, 5.74) is 1.35. The molecule has 29 heavy (non-hydrogen) atoms. The van der Waals surface area contributed by atoms with Crippen LogP contribution < -0.4 is 14.8 Å². The fraction of sp³-hybridized carbons (Fsp3) is 0.409. The summed E-state index contributed by atoms with van der Waals surface area (Å²) in [6.45, 7) is 3.14. The number of hydrogen-bond acceptors (Lipinski definition) is 5. The van der Waals surface area contributed by atoms with Crippen molar-refractivity contribution in [2.24, 2.45) is 0 Å². The Labute approximate surface area is 169 Å². The lowest BCUT2D eigenvalue weighted by Gasteiger charge is -2.31. The minimum Gasteiger partial charge on any atom is -0.486 e. The molecule has 7 nitrogen and oxygen atoms in total. The largest absolute Gasteiger partial charge is 0.486 e. The van der Waals surface area contributed by atoms with Crippen molar-refractivity contribution in [3.8, 4) is 11.5 Å². The third-order valence-electron chi connectivity index (χ3n) is 5.97. The molecule has 7 heteroatoms. The number of carbonyl (C=O) groups is 1. The monoisotopic (exact) mass is 396 g/mol. The summed E-state index contributed by atoms with van der Waals surface area (Å²) >= 11 is 0. The number of fused-ring (bicyclic) bond motifs is 1. The molecule has 1 aliphatic carbocycles. The summed E-state index contributed by atoms with van der Waals surface area (Å²) in [6, 6.07) is 10.8. The number of carbonyl (C=O) groups excluding carboxylic acids is 1. The number of rotatable bonds is 5. The molecule has 0 saturated heterocycles. The van der Waals surface area contributed by atoms with Gasteiger partial charge in [-0.1, -0.05) is 31.0 Å². The zero-order chi connectivity index (χ0) is 20.4. The highest BCUT2D eigenvalue weighted by molar-refractivity contribution is 5.98. The van der Waals surface area contributed by atoms with Crippen molar-refractivity contribution in [3.63, 3.8) is 0 Å². The van der Waals surface area contributed by atoms with E-state index >= 15 is 0 Å². The van der Waals surface area contributed by atoms with Crippen LogP contribution in [0.4, 0.5) is 5.69 Å². The molecule has 0 bridgehead atoms. The van der Waals surface area contributed by atoms with E-state index in [1.807, 2.05) is 18.2 Å². The third kappa shape index (κ3) is 3.64. The number of para-hydroxylation sites is 1. The number of amides is 1. The summed E-state index contributed by atoms with van der Waals surface area (Å²) in [5.74, 6) is 1.07. The van der Waals surface area contributed by atoms with Crippen LogP contribution in [0.25, 0.3) is 0 Å². The Morgan fingerprint density at radius 3 is 2.59 bits per heavy atom. The molecule has 2 aliphatic rings. The van der Waals surface area contributed by atoms with E-state index in [9.17, 15) is 14.9 Å². The van der Waals surface area contributed by atoms with Gasteiger partial charge in [-0.05, 0) is 43.5 Å². The van der Waals surface area contributed by atoms with Crippen LogP contribution in [-0.2, 0) is 5.41 Å². The molecule has 152 valence electrons. The van der Waals surface area contributed by atoms with Gasteiger partial charge in [-0.15, -0.1) is 0 Å². The van der Waals surface area contributed by atoms with Gasteiger partial charge in [0.25, 0.3) is 11.6 Å². The van der Waals surface area contributed by atoms with Crippen LogP contribution in [0.5, 0.6) is 11.5 Å². The van der Waals surface area contributed by atoms with E-state index in [1.54, 1.807) is 19.1 Å². The maximum Gasteiger partial charge on any atom is 0.285 e.